The highest BCUT2D eigenvalue weighted by atomic mass is 32.1. The number of para-hydroxylation sites is 2. The van der Waals surface area contributed by atoms with Crippen LogP contribution in [-0.2, 0) is 0 Å². The Bertz CT molecular complexity index is 2070. The van der Waals surface area contributed by atoms with Crippen molar-refractivity contribution in [3.05, 3.63) is 106 Å². The minimum absolute atomic E-state index is 0.334. The summed E-state index contributed by atoms with van der Waals surface area (Å²) in [5.41, 5.74) is 7.10. The lowest BCUT2D eigenvalue weighted by Gasteiger charge is -2.01. The second-order valence-electron chi connectivity index (χ2n) is 8.96. The number of nitrogens with one attached hydrogen (secondary N) is 1. The van der Waals surface area contributed by atoms with Crippen molar-refractivity contribution in [2.45, 2.75) is 0 Å². The van der Waals surface area contributed by atoms with Crippen molar-refractivity contribution < 1.29 is 9.15 Å². The Labute approximate surface area is 241 Å². The Hall–Kier alpha value is -5.13. The molecule has 0 fully saturated rings. The van der Waals surface area contributed by atoms with Crippen LogP contribution < -0.4 is 15.8 Å². The van der Waals surface area contributed by atoms with Crippen LogP contribution in [0.4, 0.5) is 5.13 Å². The Balaban J connectivity index is 1.24. The van der Waals surface area contributed by atoms with Gasteiger partial charge in [-0.1, -0.05) is 41.7 Å². The summed E-state index contributed by atoms with van der Waals surface area (Å²) in [6.45, 7) is 0. The van der Waals surface area contributed by atoms with Crippen LogP contribution in [0.3, 0.4) is 0 Å². The van der Waals surface area contributed by atoms with E-state index in [1.54, 1.807) is 36.3 Å². The van der Waals surface area contributed by atoms with E-state index in [0.29, 0.717) is 32.7 Å². The summed E-state index contributed by atoms with van der Waals surface area (Å²) in [5.74, 6) is 0.787. The molecule has 4 aromatic heterocycles. The second kappa shape index (κ2) is 10.5. The van der Waals surface area contributed by atoms with E-state index < -0.39 is 5.63 Å². The molecule has 41 heavy (non-hydrogen) atoms. The average molecular weight is 577 g/mol. The van der Waals surface area contributed by atoms with Crippen molar-refractivity contribution in [1.29, 1.82) is 0 Å². The number of hydrogen-bond acceptors (Lipinski definition) is 10. The van der Waals surface area contributed by atoms with Gasteiger partial charge in [0.25, 0.3) is 0 Å². The molecule has 3 aromatic carbocycles. The van der Waals surface area contributed by atoms with Crippen LogP contribution >= 0.6 is 22.7 Å². The maximum Gasteiger partial charge on any atom is 0.345 e. The van der Waals surface area contributed by atoms with E-state index in [0.717, 1.165) is 32.6 Å². The van der Waals surface area contributed by atoms with E-state index in [4.69, 9.17) is 19.2 Å². The smallest absolute Gasteiger partial charge is 0.345 e. The van der Waals surface area contributed by atoms with Crippen LogP contribution in [-0.4, -0.2) is 33.1 Å². The van der Waals surface area contributed by atoms with Gasteiger partial charge < -0.3 is 9.15 Å². The predicted octanol–water partition coefficient (Wildman–Crippen LogP) is 6.83. The number of benzene rings is 3. The van der Waals surface area contributed by atoms with Crippen molar-refractivity contribution in [2.24, 2.45) is 5.10 Å². The molecule has 0 saturated heterocycles. The van der Waals surface area contributed by atoms with Gasteiger partial charge in [0.2, 0.25) is 10.3 Å². The van der Waals surface area contributed by atoms with Gasteiger partial charge in [0.05, 0.1) is 34.8 Å². The van der Waals surface area contributed by atoms with Crippen LogP contribution in [0.5, 0.6) is 5.75 Å². The lowest BCUT2D eigenvalue weighted by molar-refractivity contribution is 0.415. The first kappa shape index (κ1) is 24.9. The third-order valence-electron chi connectivity index (χ3n) is 6.37. The Morgan fingerprint density at radius 1 is 1.02 bits per heavy atom. The van der Waals surface area contributed by atoms with Gasteiger partial charge in [-0.3, -0.25) is 5.43 Å². The van der Waals surface area contributed by atoms with E-state index in [9.17, 15) is 4.79 Å². The Morgan fingerprint density at radius 2 is 1.85 bits per heavy atom. The van der Waals surface area contributed by atoms with Crippen LogP contribution in [0.15, 0.2) is 105 Å². The normalized spacial score (nSPS) is 11.5. The molecule has 0 aliphatic carbocycles. The Morgan fingerprint density at radius 3 is 2.71 bits per heavy atom. The minimum atomic E-state index is -0.482. The fourth-order valence-electron chi connectivity index (χ4n) is 4.35. The van der Waals surface area contributed by atoms with Crippen molar-refractivity contribution in [3.63, 3.8) is 0 Å². The summed E-state index contributed by atoms with van der Waals surface area (Å²) in [5, 5.41) is 13.2. The van der Waals surface area contributed by atoms with Crippen molar-refractivity contribution in [3.8, 4) is 33.4 Å². The van der Waals surface area contributed by atoms with E-state index in [1.165, 1.54) is 22.7 Å². The predicted molar refractivity (Wildman–Crippen MR) is 164 cm³/mol. The van der Waals surface area contributed by atoms with Crippen LogP contribution in [0.1, 0.15) is 5.56 Å². The maximum absolute atomic E-state index is 13.0. The molecule has 7 aromatic rings. The molecule has 0 radical (unpaired) electrons. The summed E-state index contributed by atoms with van der Waals surface area (Å²) in [6.07, 6.45) is 3.42. The number of methoxy groups -OCH3 is 1. The van der Waals surface area contributed by atoms with Gasteiger partial charge >= 0.3 is 5.63 Å². The number of thiazole rings is 2. The highest BCUT2D eigenvalue weighted by Crippen LogP contribution is 2.29. The van der Waals surface area contributed by atoms with Gasteiger partial charge in [-0.05, 0) is 48.5 Å². The monoisotopic (exact) mass is 576 g/mol. The van der Waals surface area contributed by atoms with Gasteiger partial charge in [0.15, 0.2) is 0 Å². The quantitative estimate of drug-likeness (QED) is 0.126. The number of hydrazone groups is 1. The summed E-state index contributed by atoms with van der Waals surface area (Å²) in [6, 6.07) is 24.8. The molecule has 7 rings (SSSR count). The van der Waals surface area contributed by atoms with Crippen molar-refractivity contribution in [2.75, 3.05) is 12.5 Å². The third kappa shape index (κ3) is 4.88. The van der Waals surface area contributed by atoms with Crippen LogP contribution in [0.2, 0.25) is 0 Å². The van der Waals surface area contributed by atoms with Crippen LogP contribution in [0.25, 0.3) is 48.8 Å². The number of ether oxygens (including phenoxy) is 1. The molecule has 1 N–H and O–H groups in total. The summed E-state index contributed by atoms with van der Waals surface area (Å²) in [7, 11) is 1.64. The first-order valence-corrected chi connectivity index (χ1v) is 14.2. The fraction of sp³-hybridized carbons (Fsp3) is 0.0333. The second-order valence-corrected chi connectivity index (χ2v) is 10.8. The summed E-state index contributed by atoms with van der Waals surface area (Å²) < 4.78 is 13.5. The molecule has 0 unspecified atom stereocenters. The largest absolute Gasteiger partial charge is 0.497 e. The zero-order chi connectivity index (χ0) is 27.8. The zero-order valence-electron chi connectivity index (χ0n) is 21.5. The number of rotatable bonds is 7. The SMILES string of the molecule is COc1ccc(-c2csc(N/N=C/c3cn(-c4nc5ccccc5s4)nc3-c3cc4ccccc4oc3=O)n2)cc1. The van der Waals surface area contributed by atoms with Crippen LogP contribution in [0, 0.1) is 0 Å². The molecule has 0 amide bonds. The molecule has 11 heteroatoms. The zero-order valence-corrected chi connectivity index (χ0v) is 23.1. The molecular weight excluding hydrogens is 557 g/mol. The topological polar surface area (TPSA) is 107 Å². The van der Waals surface area contributed by atoms with E-state index in [1.807, 2.05) is 72.1 Å². The first-order chi connectivity index (χ1) is 20.1. The first-order valence-electron chi connectivity index (χ1n) is 12.5. The van der Waals surface area contributed by atoms with Crippen molar-refractivity contribution >= 4 is 55.2 Å². The Kier molecular flexibility index (Phi) is 6.34. The molecule has 200 valence electrons. The van der Waals surface area contributed by atoms with Gasteiger partial charge in [0, 0.05) is 28.1 Å². The maximum atomic E-state index is 13.0. The van der Waals surface area contributed by atoms with Gasteiger partial charge in [-0.15, -0.1) is 11.3 Å². The summed E-state index contributed by atoms with van der Waals surface area (Å²) in [4.78, 5) is 22.4. The number of hydrogen-bond donors (Lipinski definition) is 1. The molecule has 4 heterocycles. The van der Waals surface area contributed by atoms with Gasteiger partial charge in [-0.25, -0.2) is 19.4 Å². The number of anilines is 1. The standard InChI is InChI=1S/C30H20N6O3S2/c1-38-21-12-10-18(11-13-21)24-17-40-29(32-24)34-31-15-20-16-36(30-33-23-7-3-5-9-26(23)41-30)35-27(20)22-14-19-6-2-4-8-25(19)39-28(22)37/h2-17H,1H3,(H,32,34)/b31-15+. The fourth-order valence-corrected chi connectivity index (χ4v) is 5.91. The van der Waals surface area contributed by atoms with E-state index >= 15 is 0 Å². The lowest BCUT2D eigenvalue weighted by Crippen LogP contribution is -2.05. The van der Waals surface area contributed by atoms with Crippen molar-refractivity contribution in [1.82, 2.24) is 19.7 Å². The number of nitrogens with zero attached hydrogens (tertiary/aromatic N) is 5. The lowest BCUT2D eigenvalue weighted by atomic mass is 10.1. The molecule has 0 atom stereocenters. The molecule has 0 aliphatic heterocycles. The molecule has 0 spiro atoms. The summed E-state index contributed by atoms with van der Waals surface area (Å²) >= 11 is 2.95. The number of fused-ring (bicyclic) bond motifs is 2. The van der Waals surface area contributed by atoms with E-state index in [-0.39, 0.29) is 0 Å². The minimum Gasteiger partial charge on any atom is -0.497 e. The molecule has 0 saturated carbocycles. The molecule has 0 bridgehead atoms. The van der Waals surface area contributed by atoms with E-state index in [2.05, 4.69) is 15.5 Å². The third-order valence-corrected chi connectivity index (χ3v) is 8.14. The molecular formula is C30H20N6O3S2. The average Bonchev–Trinajstić information content (AvgIpc) is 3.75. The molecule has 0 aliphatic rings. The molecule has 9 nitrogen and oxygen atoms in total. The van der Waals surface area contributed by atoms with Gasteiger partial charge in [-0.2, -0.15) is 10.2 Å². The number of aromatic nitrogens is 4. The van der Waals surface area contributed by atoms with Gasteiger partial charge in [0.1, 0.15) is 17.0 Å². The highest BCUT2D eigenvalue weighted by molar-refractivity contribution is 7.20. The highest BCUT2D eigenvalue weighted by Gasteiger charge is 2.18.